The lowest BCUT2D eigenvalue weighted by Gasteiger charge is -2.36. The van der Waals surface area contributed by atoms with Crippen molar-refractivity contribution >= 4 is 51.0 Å². The molecule has 3 nitrogen and oxygen atoms in total. The van der Waals surface area contributed by atoms with E-state index in [9.17, 15) is 0 Å². The normalized spacial score (nSPS) is 13.3. The molecule has 0 spiro atoms. The largest absolute Gasteiger partial charge is 0.340 e. The maximum atomic E-state index is 6.82. The molecule has 4 aromatic rings. The molecule has 0 radical (unpaired) electrons. The van der Waals surface area contributed by atoms with Crippen LogP contribution in [0.2, 0.25) is 10.0 Å². The minimum Gasteiger partial charge on any atom is -0.340 e. The van der Waals surface area contributed by atoms with Crippen molar-refractivity contribution in [1.82, 2.24) is 4.98 Å². The SMILES string of the molecule is C=C1Nc2c(ccc(-c3ccccc3Cl)c2Cl)C(=C)N1c1cncc2ccccc12. The smallest absolute Gasteiger partial charge is 0.108 e. The van der Waals surface area contributed by atoms with E-state index in [0.717, 1.165) is 44.5 Å². The summed E-state index contributed by atoms with van der Waals surface area (Å²) in [6, 6.07) is 19.7. The quantitative estimate of drug-likeness (QED) is 0.355. The molecular weight excluding hydrogens is 413 g/mol. The summed E-state index contributed by atoms with van der Waals surface area (Å²) in [7, 11) is 0. The molecule has 5 heteroatoms. The van der Waals surface area contributed by atoms with Gasteiger partial charge in [-0.15, -0.1) is 0 Å². The van der Waals surface area contributed by atoms with Crippen LogP contribution in [0.3, 0.4) is 0 Å². The van der Waals surface area contributed by atoms with E-state index < -0.39 is 0 Å². The second kappa shape index (κ2) is 7.21. The molecule has 1 aliphatic rings. The third-order valence-corrected chi connectivity index (χ3v) is 6.04. The molecule has 0 saturated heterocycles. The highest BCUT2D eigenvalue weighted by atomic mass is 35.5. The zero-order valence-corrected chi connectivity index (χ0v) is 17.5. The average molecular weight is 430 g/mol. The summed E-state index contributed by atoms with van der Waals surface area (Å²) < 4.78 is 0. The van der Waals surface area contributed by atoms with Crippen LogP contribution in [0.15, 0.2) is 92.0 Å². The fourth-order valence-electron chi connectivity index (χ4n) is 3.88. The second-order valence-electron chi connectivity index (χ2n) is 7.06. The van der Waals surface area contributed by atoms with Gasteiger partial charge in [-0.2, -0.15) is 0 Å². The van der Waals surface area contributed by atoms with Gasteiger partial charge in [0.1, 0.15) is 5.82 Å². The second-order valence-corrected chi connectivity index (χ2v) is 7.85. The van der Waals surface area contributed by atoms with Gasteiger partial charge in [0.05, 0.1) is 22.6 Å². The summed E-state index contributed by atoms with van der Waals surface area (Å²) in [5.74, 6) is 0.656. The number of aromatic nitrogens is 1. The molecule has 146 valence electrons. The maximum Gasteiger partial charge on any atom is 0.108 e. The molecule has 30 heavy (non-hydrogen) atoms. The van der Waals surface area contributed by atoms with E-state index >= 15 is 0 Å². The Morgan fingerprint density at radius 2 is 1.53 bits per heavy atom. The number of pyridine rings is 1. The van der Waals surface area contributed by atoms with Crippen LogP contribution < -0.4 is 10.2 Å². The zero-order valence-electron chi connectivity index (χ0n) is 16.0. The Morgan fingerprint density at radius 1 is 0.800 bits per heavy atom. The lowest BCUT2D eigenvalue weighted by molar-refractivity contribution is 1.14. The Balaban J connectivity index is 1.65. The highest BCUT2D eigenvalue weighted by Gasteiger charge is 2.28. The van der Waals surface area contributed by atoms with Crippen molar-refractivity contribution in [3.63, 3.8) is 0 Å². The number of hydrogen-bond donors (Lipinski definition) is 1. The number of benzene rings is 3. The van der Waals surface area contributed by atoms with E-state index in [4.69, 9.17) is 23.2 Å². The standard InChI is InChI=1S/C25H17Cl2N3/c1-15-18-11-12-21(20-9-5-6-10-22(20)26)24(27)25(18)29-16(2)30(15)23-14-28-13-17-7-3-4-8-19(17)23/h3-14,29H,1-2H2. The first-order valence-electron chi connectivity index (χ1n) is 9.42. The number of rotatable bonds is 2. The molecule has 2 heterocycles. The number of hydrogen-bond acceptors (Lipinski definition) is 3. The summed E-state index contributed by atoms with van der Waals surface area (Å²) in [6.45, 7) is 8.57. The van der Waals surface area contributed by atoms with Gasteiger partial charge >= 0.3 is 0 Å². The number of nitrogens with one attached hydrogen (secondary N) is 1. The Hall–Kier alpha value is -3.27. The topological polar surface area (TPSA) is 28.2 Å². The number of nitrogens with zero attached hydrogens (tertiary/aromatic N) is 2. The van der Waals surface area contributed by atoms with E-state index in [1.54, 1.807) is 0 Å². The minimum absolute atomic E-state index is 0.582. The fourth-order valence-corrected chi connectivity index (χ4v) is 4.43. The van der Waals surface area contributed by atoms with Crippen molar-refractivity contribution < 1.29 is 0 Å². The molecule has 1 aliphatic heterocycles. The Labute approximate surface area is 184 Å². The first-order chi connectivity index (χ1) is 14.6. The maximum absolute atomic E-state index is 6.82. The van der Waals surface area contributed by atoms with Crippen LogP contribution in [0.1, 0.15) is 5.56 Å². The molecule has 0 fully saturated rings. The van der Waals surface area contributed by atoms with E-state index in [0.29, 0.717) is 15.9 Å². The highest BCUT2D eigenvalue weighted by Crippen LogP contribution is 2.46. The molecule has 0 bridgehead atoms. The molecule has 5 rings (SSSR count). The van der Waals surface area contributed by atoms with E-state index in [1.165, 1.54) is 0 Å². The molecule has 0 unspecified atom stereocenters. The third kappa shape index (κ3) is 2.86. The van der Waals surface area contributed by atoms with Crippen molar-refractivity contribution in [1.29, 1.82) is 0 Å². The van der Waals surface area contributed by atoms with Crippen LogP contribution in [0.4, 0.5) is 11.4 Å². The summed E-state index contributed by atoms with van der Waals surface area (Å²) in [6.07, 6.45) is 3.67. The van der Waals surface area contributed by atoms with Crippen LogP contribution in [0.25, 0.3) is 27.6 Å². The van der Waals surface area contributed by atoms with Crippen LogP contribution >= 0.6 is 23.2 Å². The Kier molecular flexibility index (Phi) is 4.50. The van der Waals surface area contributed by atoms with Crippen LogP contribution in [-0.4, -0.2) is 4.98 Å². The molecule has 0 amide bonds. The van der Waals surface area contributed by atoms with Crippen molar-refractivity contribution in [3.05, 3.63) is 108 Å². The summed E-state index contributed by atoms with van der Waals surface area (Å²) in [4.78, 5) is 6.38. The molecule has 0 atom stereocenters. The molecular formula is C25H17Cl2N3. The van der Waals surface area contributed by atoms with Gasteiger partial charge in [0.15, 0.2) is 0 Å². The van der Waals surface area contributed by atoms with Gasteiger partial charge in [0.2, 0.25) is 0 Å². The predicted octanol–water partition coefficient (Wildman–Crippen LogP) is 7.58. The van der Waals surface area contributed by atoms with Gasteiger partial charge in [-0.3, -0.25) is 9.88 Å². The van der Waals surface area contributed by atoms with Crippen molar-refractivity contribution in [2.24, 2.45) is 0 Å². The summed E-state index contributed by atoms with van der Waals surface area (Å²) in [5, 5.41) is 6.72. The molecule has 0 saturated carbocycles. The van der Waals surface area contributed by atoms with Crippen molar-refractivity contribution in [3.8, 4) is 11.1 Å². The number of fused-ring (bicyclic) bond motifs is 2. The van der Waals surface area contributed by atoms with Gasteiger partial charge in [-0.05, 0) is 6.07 Å². The minimum atomic E-state index is 0.582. The average Bonchev–Trinajstić information content (AvgIpc) is 2.75. The highest BCUT2D eigenvalue weighted by molar-refractivity contribution is 6.38. The Bertz CT molecular complexity index is 1340. The lowest BCUT2D eigenvalue weighted by atomic mass is 9.98. The van der Waals surface area contributed by atoms with Gasteiger partial charge in [-0.25, -0.2) is 0 Å². The van der Waals surface area contributed by atoms with Crippen LogP contribution in [-0.2, 0) is 0 Å². The van der Waals surface area contributed by atoms with Crippen LogP contribution in [0, 0.1) is 0 Å². The molecule has 3 aromatic carbocycles. The third-order valence-electron chi connectivity index (χ3n) is 5.31. The zero-order chi connectivity index (χ0) is 20.8. The molecule has 0 aliphatic carbocycles. The number of halogens is 2. The van der Waals surface area contributed by atoms with E-state index in [1.807, 2.05) is 71.9 Å². The Morgan fingerprint density at radius 3 is 2.37 bits per heavy atom. The van der Waals surface area contributed by atoms with Crippen LogP contribution in [0.5, 0.6) is 0 Å². The first-order valence-corrected chi connectivity index (χ1v) is 10.2. The lowest BCUT2D eigenvalue weighted by Crippen LogP contribution is -2.29. The van der Waals surface area contributed by atoms with Gasteiger partial charge in [0.25, 0.3) is 0 Å². The fraction of sp³-hybridized carbons (Fsp3) is 0. The van der Waals surface area contributed by atoms with E-state index in [-0.39, 0.29) is 0 Å². The van der Waals surface area contributed by atoms with Gasteiger partial charge in [-0.1, -0.05) is 91.0 Å². The monoisotopic (exact) mass is 429 g/mol. The van der Waals surface area contributed by atoms with Crippen molar-refractivity contribution in [2.75, 3.05) is 10.2 Å². The molecule has 1 N–H and O–H groups in total. The van der Waals surface area contributed by atoms with E-state index in [2.05, 4.69) is 29.5 Å². The first kappa shape index (κ1) is 18.7. The summed E-state index contributed by atoms with van der Waals surface area (Å²) in [5.41, 5.74) is 5.09. The predicted molar refractivity (Wildman–Crippen MR) is 128 cm³/mol. The van der Waals surface area contributed by atoms with Crippen molar-refractivity contribution in [2.45, 2.75) is 0 Å². The number of anilines is 2. The van der Waals surface area contributed by atoms with Gasteiger partial charge < -0.3 is 5.32 Å². The molecule has 1 aromatic heterocycles. The summed E-state index contributed by atoms with van der Waals surface area (Å²) >= 11 is 13.2. The van der Waals surface area contributed by atoms with Gasteiger partial charge in [0, 0.05) is 44.4 Å².